The smallest absolute Gasteiger partial charge is 0.337 e. The second-order valence-corrected chi connectivity index (χ2v) is 8.10. The first-order chi connectivity index (χ1) is 14.8. The molecule has 2 aromatic carbocycles. The van der Waals surface area contributed by atoms with Crippen LogP contribution in [0.4, 0.5) is 0 Å². The van der Waals surface area contributed by atoms with Crippen molar-refractivity contribution in [2.24, 2.45) is 5.92 Å². The number of amides is 1. The molecule has 0 saturated carbocycles. The summed E-state index contributed by atoms with van der Waals surface area (Å²) in [4.78, 5) is 39.9. The van der Waals surface area contributed by atoms with Crippen molar-refractivity contribution in [1.29, 1.82) is 0 Å². The van der Waals surface area contributed by atoms with Gasteiger partial charge in [0.2, 0.25) is 0 Å². The Morgan fingerprint density at radius 2 is 1.81 bits per heavy atom. The van der Waals surface area contributed by atoms with Crippen LogP contribution >= 0.6 is 12.2 Å². The molecule has 8 heteroatoms. The number of esters is 1. The molecule has 0 atom stereocenters. The van der Waals surface area contributed by atoms with Crippen LogP contribution in [0.5, 0.6) is 0 Å². The molecule has 3 aromatic rings. The van der Waals surface area contributed by atoms with Crippen LogP contribution in [0.3, 0.4) is 0 Å². The Kier molecular flexibility index (Phi) is 7.02. The van der Waals surface area contributed by atoms with Crippen LogP contribution in [-0.2, 0) is 11.3 Å². The number of rotatable bonds is 7. The third kappa shape index (κ3) is 5.27. The highest BCUT2D eigenvalue weighted by Gasteiger charge is 2.11. The molecule has 0 saturated heterocycles. The maximum atomic E-state index is 12.9. The van der Waals surface area contributed by atoms with Gasteiger partial charge in [0.1, 0.15) is 0 Å². The van der Waals surface area contributed by atoms with Crippen LogP contribution in [0.15, 0.2) is 47.3 Å². The van der Waals surface area contributed by atoms with Gasteiger partial charge in [-0.15, -0.1) is 0 Å². The number of aromatic nitrogens is 2. The molecular formula is C23H25N3O4S. The van der Waals surface area contributed by atoms with E-state index in [0.29, 0.717) is 34.5 Å². The molecule has 1 heterocycles. The molecule has 2 N–H and O–H groups in total. The fraction of sp³-hybridized carbons (Fsp3) is 0.304. The first-order valence-electron chi connectivity index (χ1n) is 10.0. The van der Waals surface area contributed by atoms with Crippen LogP contribution in [0, 0.1) is 10.7 Å². The van der Waals surface area contributed by atoms with Gasteiger partial charge in [0.15, 0.2) is 4.77 Å². The molecule has 1 amide bonds. The maximum Gasteiger partial charge on any atom is 0.337 e. The zero-order chi connectivity index (χ0) is 22.5. The number of benzene rings is 2. The Bertz CT molecular complexity index is 1230. The quantitative estimate of drug-likeness (QED) is 0.433. The predicted octanol–water partition coefficient (Wildman–Crippen LogP) is 3.67. The van der Waals surface area contributed by atoms with Crippen molar-refractivity contribution < 1.29 is 14.3 Å². The molecule has 0 bridgehead atoms. The SMILES string of the molecule is COC(=O)c1ccc2c(=O)n(Cc3ccc(C(=O)NCCC(C)C)cc3)c(=S)[nH]c2c1. The van der Waals surface area contributed by atoms with Crippen molar-refractivity contribution in [2.45, 2.75) is 26.8 Å². The zero-order valence-corrected chi connectivity index (χ0v) is 18.5. The van der Waals surface area contributed by atoms with E-state index >= 15 is 0 Å². The van der Waals surface area contributed by atoms with Gasteiger partial charge in [-0.2, -0.15) is 0 Å². The molecule has 7 nitrogen and oxygen atoms in total. The molecule has 0 aliphatic heterocycles. The van der Waals surface area contributed by atoms with Gasteiger partial charge >= 0.3 is 5.97 Å². The molecule has 0 spiro atoms. The van der Waals surface area contributed by atoms with E-state index < -0.39 is 5.97 Å². The topological polar surface area (TPSA) is 93.2 Å². The number of ether oxygens (including phenoxy) is 1. The van der Waals surface area contributed by atoms with Gasteiger partial charge in [0.25, 0.3) is 11.5 Å². The second kappa shape index (κ2) is 9.70. The van der Waals surface area contributed by atoms with Crippen molar-refractivity contribution in [1.82, 2.24) is 14.9 Å². The molecule has 1 aromatic heterocycles. The highest BCUT2D eigenvalue weighted by atomic mass is 32.1. The minimum atomic E-state index is -0.487. The minimum Gasteiger partial charge on any atom is -0.465 e. The van der Waals surface area contributed by atoms with Crippen LogP contribution in [0.1, 0.15) is 46.5 Å². The first kappa shape index (κ1) is 22.4. The van der Waals surface area contributed by atoms with E-state index in [-0.39, 0.29) is 22.8 Å². The first-order valence-corrected chi connectivity index (χ1v) is 10.4. The summed E-state index contributed by atoms with van der Waals surface area (Å²) in [6.07, 6.45) is 0.925. The number of hydrogen-bond donors (Lipinski definition) is 2. The van der Waals surface area contributed by atoms with E-state index in [9.17, 15) is 14.4 Å². The average molecular weight is 440 g/mol. The van der Waals surface area contributed by atoms with Crippen LogP contribution < -0.4 is 10.9 Å². The Labute approximate surface area is 185 Å². The van der Waals surface area contributed by atoms with E-state index in [2.05, 4.69) is 24.1 Å². The van der Waals surface area contributed by atoms with E-state index in [1.807, 2.05) is 12.1 Å². The molecule has 31 heavy (non-hydrogen) atoms. The number of aromatic amines is 1. The number of carbonyl (C=O) groups excluding carboxylic acids is 2. The van der Waals surface area contributed by atoms with Crippen molar-refractivity contribution in [3.8, 4) is 0 Å². The number of methoxy groups -OCH3 is 1. The van der Waals surface area contributed by atoms with E-state index in [1.165, 1.54) is 11.7 Å². The molecule has 0 aliphatic rings. The molecule has 162 valence electrons. The summed E-state index contributed by atoms with van der Waals surface area (Å²) in [5, 5.41) is 3.32. The molecule has 3 rings (SSSR count). The average Bonchev–Trinajstić information content (AvgIpc) is 2.75. The van der Waals surface area contributed by atoms with Crippen molar-refractivity contribution in [3.05, 3.63) is 74.3 Å². The minimum absolute atomic E-state index is 0.117. The van der Waals surface area contributed by atoms with Gasteiger partial charge < -0.3 is 15.0 Å². The molecule has 0 radical (unpaired) electrons. The van der Waals surface area contributed by atoms with Gasteiger partial charge in [-0.05, 0) is 60.5 Å². The highest BCUT2D eigenvalue weighted by Crippen LogP contribution is 2.13. The van der Waals surface area contributed by atoms with E-state index in [4.69, 9.17) is 17.0 Å². The third-order valence-corrected chi connectivity index (χ3v) is 5.29. The molecule has 0 aliphatic carbocycles. The number of carbonyl (C=O) groups is 2. The third-order valence-electron chi connectivity index (χ3n) is 4.97. The number of nitrogens with zero attached hydrogens (tertiary/aromatic N) is 1. The molecule has 0 fully saturated rings. The predicted molar refractivity (Wildman–Crippen MR) is 122 cm³/mol. The molecule has 0 unspecified atom stereocenters. The van der Waals surface area contributed by atoms with Crippen molar-refractivity contribution in [2.75, 3.05) is 13.7 Å². The van der Waals surface area contributed by atoms with E-state index in [0.717, 1.165) is 12.0 Å². The Hall–Kier alpha value is -3.26. The van der Waals surface area contributed by atoms with Crippen molar-refractivity contribution in [3.63, 3.8) is 0 Å². The van der Waals surface area contributed by atoms with Gasteiger partial charge in [-0.1, -0.05) is 26.0 Å². The zero-order valence-electron chi connectivity index (χ0n) is 17.7. The Balaban J connectivity index is 1.81. The summed E-state index contributed by atoms with van der Waals surface area (Å²) in [6.45, 7) is 5.12. The van der Waals surface area contributed by atoms with Crippen LogP contribution in [0.2, 0.25) is 0 Å². The number of nitrogens with one attached hydrogen (secondary N) is 2. The molecular weight excluding hydrogens is 414 g/mol. The normalized spacial score (nSPS) is 11.0. The number of H-pyrrole nitrogens is 1. The standard InChI is InChI=1S/C23H25N3O4S/c1-14(2)10-11-24-20(27)16-6-4-15(5-7-16)13-26-21(28)18-9-8-17(22(29)30-3)12-19(18)25-23(26)31/h4-9,12,14H,10-11,13H2,1-3H3,(H,24,27)(H,25,31). The lowest BCUT2D eigenvalue weighted by Crippen LogP contribution is -2.25. The Morgan fingerprint density at radius 3 is 2.45 bits per heavy atom. The summed E-state index contributed by atoms with van der Waals surface area (Å²) in [7, 11) is 1.30. The fourth-order valence-electron chi connectivity index (χ4n) is 3.16. The van der Waals surface area contributed by atoms with Crippen LogP contribution in [-0.4, -0.2) is 35.1 Å². The summed E-state index contributed by atoms with van der Waals surface area (Å²) >= 11 is 5.37. The van der Waals surface area contributed by atoms with Gasteiger partial charge in [0, 0.05) is 12.1 Å². The van der Waals surface area contributed by atoms with Crippen LogP contribution in [0.25, 0.3) is 10.9 Å². The maximum absolute atomic E-state index is 12.9. The number of fused-ring (bicyclic) bond motifs is 1. The van der Waals surface area contributed by atoms with Gasteiger partial charge in [0.05, 0.1) is 30.1 Å². The lowest BCUT2D eigenvalue weighted by molar-refractivity contribution is 0.0600. The lowest BCUT2D eigenvalue weighted by atomic mass is 10.1. The van der Waals surface area contributed by atoms with E-state index in [1.54, 1.807) is 30.3 Å². The summed E-state index contributed by atoms with van der Waals surface area (Å²) < 4.78 is 6.41. The summed E-state index contributed by atoms with van der Waals surface area (Å²) in [5.74, 6) is -0.0770. The lowest BCUT2D eigenvalue weighted by Gasteiger charge is -2.10. The van der Waals surface area contributed by atoms with Gasteiger partial charge in [-0.3, -0.25) is 14.2 Å². The highest BCUT2D eigenvalue weighted by molar-refractivity contribution is 7.71. The summed E-state index contributed by atoms with van der Waals surface area (Å²) in [6, 6.07) is 11.8. The monoisotopic (exact) mass is 439 g/mol. The Morgan fingerprint density at radius 1 is 1.13 bits per heavy atom. The largest absolute Gasteiger partial charge is 0.465 e. The van der Waals surface area contributed by atoms with Gasteiger partial charge in [-0.25, -0.2) is 4.79 Å². The number of hydrogen-bond acceptors (Lipinski definition) is 5. The summed E-state index contributed by atoms with van der Waals surface area (Å²) in [5.41, 5.74) is 1.96. The fourth-order valence-corrected chi connectivity index (χ4v) is 3.42. The van der Waals surface area contributed by atoms with Crippen molar-refractivity contribution >= 4 is 35.0 Å². The second-order valence-electron chi connectivity index (χ2n) is 7.71.